The number of thiazole rings is 1. The van der Waals surface area contributed by atoms with E-state index in [9.17, 15) is 14.4 Å². The first kappa shape index (κ1) is 22.5. The second-order valence-electron chi connectivity index (χ2n) is 7.44. The summed E-state index contributed by atoms with van der Waals surface area (Å²) in [6, 6.07) is 5.06. The lowest BCUT2D eigenvalue weighted by molar-refractivity contribution is -0.125. The van der Waals surface area contributed by atoms with Crippen molar-refractivity contribution in [1.29, 1.82) is 0 Å². The van der Waals surface area contributed by atoms with Crippen LogP contribution < -0.4 is 25.0 Å². The summed E-state index contributed by atoms with van der Waals surface area (Å²) in [4.78, 5) is 42.9. The molecule has 9 nitrogen and oxygen atoms in total. The third-order valence-corrected chi connectivity index (χ3v) is 5.25. The minimum absolute atomic E-state index is 0.0194. The fourth-order valence-corrected chi connectivity index (χ4v) is 3.44. The summed E-state index contributed by atoms with van der Waals surface area (Å²) in [5, 5.41) is 7.72. The molecule has 1 aromatic heterocycles. The zero-order valence-corrected chi connectivity index (χ0v) is 18.4. The second-order valence-corrected chi connectivity index (χ2v) is 8.33. The molecule has 0 unspecified atom stereocenters. The Labute approximate surface area is 184 Å². The maximum absolute atomic E-state index is 12.9. The first-order valence-corrected chi connectivity index (χ1v) is 11.0. The molecule has 31 heavy (non-hydrogen) atoms. The largest absolute Gasteiger partial charge is 0.454 e. The van der Waals surface area contributed by atoms with Gasteiger partial charge in [-0.1, -0.05) is 13.8 Å². The molecule has 0 fully saturated rings. The summed E-state index contributed by atoms with van der Waals surface area (Å²) < 4.78 is 10.7. The van der Waals surface area contributed by atoms with E-state index < -0.39 is 0 Å². The van der Waals surface area contributed by atoms with Crippen molar-refractivity contribution in [2.75, 3.05) is 30.1 Å². The van der Waals surface area contributed by atoms with Gasteiger partial charge in [-0.3, -0.25) is 14.4 Å². The molecule has 0 radical (unpaired) electrons. The average Bonchev–Trinajstić information content (AvgIpc) is 3.41. The fraction of sp³-hybridized carbons (Fsp3) is 0.429. The maximum Gasteiger partial charge on any atom is 0.240 e. The van der Waals surface area contributed by atoms with Gasteiger partial charge in [0, 0.05) is 42.7 Å². The molecule has 3 amide bonds. The lowest BCUT2D eigenvalue weighted by atomic mass is 10.1. The molecule has 2 aromatic rings. The molecule has 0 spiro atoms. The van der Waals surface area contributed by atoms with E-state index in [0.29, 0.717) is 34.8 Å². The highest BCUT2D eigenvalue weighted by Gasteiger charge is 2.23. The van der Waals surface area contributed by atoms with E-state index in [0.717, 1.165) is 6.42 Å². The first-order valence-electron chi connectivity index (χ1n) is 10.1. The van der Waals surface area contributed by atoms with Crippen LogP contribution in [-0.4, -0.2) is 42.6 Å². The van der Waals surface area contributed by atoms with Crippen molar-refractivity contribution in [3.8, 4) is 11.5 Å². The summed E-state index contributed by atoms with van der Waals surface area (Å²) in [5.74, 6) is 0.641. The monoisotopic (exact) mass is 446 g/mol. The number of hydrogen-bond donors (Lipinski definition) is 2. The Bertz CT molecular complexity index is 916. The highest BCUT2D eigenvalue weighted by molar-refractivity contribution is 7.13. The molecule has 2 heterocycles. The molecule has 1 aliphatic heterocycles. The van der Waals surface area contributed by atoms with Crippen molar-refractivity contribution >= 4 is 39.9 Å². The zero-order valence-electron chi connectivity index (χ0n) is 17.6. The van der Waals surface area contributed by atoms with E-state index in [-0.39, 0.29) is 43.9 Å². The van der Waals surface area contributed by atoms with Gasteiger partial charge in [-0.2, -0.15) is 0 Å². The van der Waals surface area contributed by atoms with Crippen LogP contribution in [0.5, 0.6) is 11.5 Å². The van der Waals surface area contributed by atoms with Gasteiger partial charge in [0.15, 0.2) is 16.6 Å². The van der Waals surface area contributed by atoms with Gasteiger partial charge < -0.3 is 25.0 Å². The van der Waals surface area contributed by atoms with Crippen LogP contribution in [0.25, 0.3) is 0 Å². The van der Waals surface area contributed by atoms with Crippen LogP contribution in [0.2, 0.25) is 0 Å². The predicted molar refractivity (Wildman–Crippen MR) is 117 cm³/mol. The van der Waals surface area contributed by atoms with Crippen LogP contribution in [0, 0.1) is 5.92 Å². The third kappa shape index (κ3) is 6.68. The lowest BCUT2D eigenvalue weighted by Gasteiger charge is -2.23. The molecule has 166 valence electrons. The molecule has 0 saturated carbocycles. The number of nitrogens with zero attached hydrogens (tertiary/aromatic N) is 2. The standard InChI is InChI=1S/C21H26N4O5S/c1-14(2)7-8-22-19(27)12-25(15-3-4-16-17(11-15)30-13-29-16)20(28)6-5-18(26)24-21-23-9-10-31-21/h3-4,9-11,14H,5-8,12-13H2,1-2H3,(H,22,27)(H,23,24,26). The average molecular weight is 447 g/mol. The van der Waals surface area contributed by atoms with Crippen LogP contribution in [0.1, 0.15) is 33.1 Å². The van der Waals surface area contributed by atoms with Crippen molar-refractivity contribution in [3.63, 3.8) is 0 Å². The van der Waals surface area contributed by atoms with Gasteiger partial charge in [-0.05, 0) is 24.5 Å². The number of amides is 3. The minimum atomic E-state index is -0.341. The fourth-order valence-electron chi connectivity index (χ4n) is 2.90. The zero-order chi connectivity index (χ0) is 22.2. The van der Waals surface area contributed by atoms with Gasteiger partial charge in [0.1, 0.15) is 6.54 Å². The highest BCUT2D eigenvalue weighted by atomic mass is 32.1. The Balaban J connectivity index is 1.64. The third-order valence-electron chi connectivity index (χ3n) is 4.56. The number of anilines is 2. The van der Waals surface area contributed by atoms with Crippen molar-refractivity contribution in [3.05, 3.63) is 29.8 Å². The minimum Gasteiger partial charge on any atom is -0.454 e. The number of carbonyl (C=O) groups is 3. The number of benzene rings is 1. The quantitative estimate of drug-likeness (QED) is 0.581. The number of ether oxygens (including phenoxy) is 2. The predicted octanol–water partition coefficient (Wildman–Crippen LogP) is 2.79. The Hall–Kier alpha value is -3.14. The molecule has 1 aromatic carbocycles. The van der Waals surface area contributed by atoms with Gasteiger partial charge in [-0.25, -0.2) is 4.98 Å². The van der Waals surface area contributed by atoms with Crippen LogP contribution in [0.3, 0.4) is 0 Å². The second kappa shape index (κ2) is 10.8. The molecule has 1 aliphatic rings. The van der Waals surface area contributed by atoms with Gasteiger partial charge in [0.2, 0.25) is 24.5 Å². The van der Waals surface area contributed by atoms with E-state index >= 15 is 0 Å². The van der Waals surface area contributed by atoms with E-state index in [4.69, 9.17) is 9.47 Å². The summed E-state index contributed by atoms with van der Waals surface area (Å²) in [6.07, 6.45) is 2.37. The first-order chi connectivity index (χ1) is 14.9. The van der Waals surface area contributed by atoms with Crippen molar-refractivity contribution in [2.24, 2.45) is 5.92 Å². The summed E-state index contributed by atoms with van der Waals surface area (Å²) >= 11 is 1.30. The Morgan fingerprint density at radius 3 is 2.71 bits per heavy atom. The van der Waals surface area contributed by atoms with Crippen LogP contribution in [0.15, 0.2) is 29.8 Å². The Morgan fingerprint density at radius 2 is 1.97 bits per heavy atom. The van der Waals surface area contributed by atoms with E-state index in [1.54, 1.807) is 29.8 Å². The molecule has 0 atom stereocenters. The molecular formula is C21H26N4O5S. The topological polar surface area (TPSA) is 110 Å². The van der Waals surface area contributed by atoms with E-state index in [1.807, 2.05) is 0 Å². The Morgan fingerprint density at radius 1 is 1.16 bits per heavy atom. The molecule has 10 heteroatoms. The van der Waals surface area contributed by atoms with E-state index in [1.165, 1.54) is 16.2 Å². The number of nitrogens with one attached hydrogen (secondary N) is 2. The number of carbonyl (C=O) groups excluding carboxylic acids is 3. The smallest absolute Gasteiger partial charge is 0.240 e. The van der Waals surface area contributed by atoms with Crippen molar-refractivity contribution in [1.82, 2.24) is 10.3 Å². The number of rotatable bonds is 10. The van der Waals surface area contributed by atoms with Gasteiger partial charge in [-0.15, -0.1) is 11.3 Å². The lowest BCUT2D eigenvalue weighted by Crippen LogP contribution is -2.41. The molecular weight excluding hydrogens is 420 g/mol. The normalized spacial score (nSPS) is 12.0. The molecule has 0 bridgehead atoms. The summed E-state index contributed by atoms with van der Waals surface area (Å²) in [6.45, 7) is 4.65. The summed E-state index contributed by atoms with van der Waals surface area (Å²) in [5.41, 5.74) is 0.508. The maximum atomic E-state index is 12.9. The molecule has 0 saturated heterocycles. The molecule has 3 rings (SSSR count). The van der Waals surface area contributed by atoms with Crippen LogP contribution in [0.4, 0.5) is 10.8 Å². The molecule has 2 N–H and O–H groups in total. The number of aromatic nitrogens is 1. The molecule has 0 aliphatic carbocycles. The Kier molecular flexibility index (Phi) is 7.82. The van der Waals surface area contributed by atoms with E-state index in [2.05, 4.69) is 29.5 Å². The number of fused-ring (bicyclic) bond motifs is 1. The van der Waals surface area contributed by atoms with Crippen LogP contribution in [-0.2, 0) is 14.4 Å². The van der Waals surface area contributed by atoms with Crippen molar-refractivity contribution in [2.45, 2.75) is 33.1 Å². The SMILES string of the molecule is CC(C)CCNC(=O)CN(C(=O)CCC(=O)Nc1nccs1)c1ccc2c(c1)OCO2. The van der Waals surface area contributed by atoms with Gasteiger partial charge >= 0.3 is 0 Å². The van der Waals surface area contributed by atoms with Crippen LogP contribution >= 0.6 is 11.3 Å². The van der Waals surface area contributed by atoms with Gasteiger partial charge in [0.25, 0.3) is 0 Å². The van der Waals surface area contributed by atoms with Gasteiger partial charge in [0.05, 0.1) is 0 Å². The van der Waals surface area contributed by atoms with Crippen molar-refractivity contribution < 1.29 is 23.9 Å². The number of hydrogen-bond acceptors (Lipinski definition) is 7. The summed E-state index contributed by atoms with van der Waals surface area (Å²) in [7, 11) is 0. The highest BCUT2D eigenvalue weighted by Crippen LogP contribution is 2.35.